The second-order valence-electron chi connectivity index (χ2n) is 6.09. The molecule has 2 aromatic carbocycles. The smallest absolute Gasteiger partial charge is 0.238 e. The summed E-state index contributed by atoms with van der Waals surface area (Å²) in [4.78, 5) is 30.6. The maximum absolute atomic E-state index is 13.4. The van der Waals surface area contributed by atoms with Crippen LogP contribution in [-0.2, 0) is 9.59 Å². The van der Waals surface area contributed by atoms with E-state index < -0.39 is 11.1 Å². The van der Waals surface area contributed by atoms with Crippen LogP contribution >= 0.6 is 23.4 Å². The highest BCUT2D eigenvalue weighted by atomic mass is 35.5. The average molecular weight is 406 g/mol. The van der Waals surface area contributed by atoms with Gasteiger partial charge in [-0.25, -0.2) is 9.38 Å². The molecule has 27 heavy (non-hydrogen) atoms. The zero-order valence-electron chi connectivity index (χ0n) is 14.7. The van der Waals surface area contributed by atoms with E-state index >= 15 is 0 Å². The standard InChI is InChI=1S/C19H17ClFN3O2S/c1-11-6-7-14(9-15(11)20)22-18(26)16-10-17(25)24(2)19(27-16)23-13-5-3-4-12(21)8-13/h3-9,16H,10H2,1-2H3,(H,22,26)/t16-/m0/s1. The first-order valence-corrected chi connectivity index (χ1v) is 9.44. The minimum absolute atomic E-state index is 0.0504. The van der Waals surface area contributed by atoms with E-state index in [2.05, 4.69) is 10.3 Å². The summed E-state index contributed by atoms with van der Waals surface area (Å²) in [5.41, 5.74) is 1.85. The number of hydrogen-bond donors (Lipinski definition) is 1. The van der Waals surface area contributed by atoms with Crippen LogP contribution in [0.1, 0.15) is 12.0 Å². The first-order valence-electron chi connectivity index (χ1n) is 8.18. The van der Waals surface area contributed by atoms with E-state index in [-0.39, 0.29) is 18.2 Å². The van der Waals surface area contributed by atoms with Crippen LogP contribution in [0, 0.1) is 12.7 Å². The number of amidine groups is 1. The lowest BCUT2D eigenvalue weighted by molar-refractivity contribution is -0.128. The zero-order chi connectivity index (χ0) is 19.6. The number of aliphatic imine (C=N–C) groups is 1. The molecule has 0 aromatic heterocycles. The highest BCUT2D eigenvalue weighted by Gasteiger charge is 2.34. The molecule has 3 rings (SSSR count). The molecule has 1 aliphatic rings. The molecule has 0 saturated carbocycles. The first-order chi connectivity index (χ1) is 12.8. The van der Waals surface area contributed by atoms with Crippen LogP contribution in [0.3, 0.4) is 0 Å². The van der Waals surface area contributed by atoms with Crippen molar-refractivity contribution in [3.63, 3.8) is 0 Å². The summed E-state index contributed by atoms with van der Waals surface area (Å²) in [7, 11) is 1.58. The average Bonchev–Trinajstić information content (AvgIpc) is 2.62. The summed E-state index contributed by atoms with van der Waals surface area (Å²) in [5, 5.41) is 3.04. The molecule has 0 unspecified atom stereocenters. The van der Waals surface area contributed by atoms with E-state index in [9.17, 15) is 14.0 Å². The maximum atomic E-state index is 13.4. The van der Waals surface area contributed by atoms with Gasteiger partial charge in [0, 0.05) is 24.2 Å². The monoisotopic (exact) mass is 405 g/mol. The van der Waals surface area contributed by atoms with Gasteiger partial charge in [0.1, 0.15) is 11.1 Å². The molecule has 2 aromatic rings. The maximum Gasteiger partial charge on any atom is 0.238 e. The second-order valence-corrected chi connectivity index (χ2v) is 7.67. The largest absolute Gasteiger partial charge is 0.325 e. The predicted molar refractivity (Wildman–Crippen MR) is 107 cm³/mol. The molecule has 0 aliphatic carbocycles. The van der Waals surface area contributed by atoms with Crippen molar-refractivity contribution < 1.29 is 14.0 Å². The third kappa shape index (κ3) is 4.67. The minimum atomic E-state index is -0.638. The molecule has 0 spiro atoms. The Bertz CT molecular complexity index is 935. The Kier molecular flexibility index (Phi) is 5.82. The molecule has 1 saturated heterocycles. The number of aryl methyl sites for hydroxylation is 1. The van der Waals surface area contributed by atoms with Crippen LogP contribution in [0.5, 0.6) is 0 Å². The van der Waals surface area contributed by atoms with Gasteiger partial charge in [0.05, 0.1) is 5.69 Å². The Hall–Kier alpha value is -2.38. The third-order valence-corrected chi connectivity index (χ3v) is 5.68. The molecule has 140 valence electrons. The van der Waals surface area contributed by atoms with Crippen molar-refractivity contribution >= 4 is 51.7 Å². The van der Waals surface area contributed by atoms with Crippen LogP contribution in [0.2, 0.25) is 5.02 Å². The van der Waals surface area contributed by atoms with E-state index in [0.29, 0.717) is 21.6 Å². The Labute approximate surface area is 165 Å². The summed E-state index contributed by atoms with van der Waals surface area (Å²) >= 11 is 7.25. The van der Waals surface area contributed by atoms with Gasteiger partial charge in [0.2, 0.25) is 11.8 Å². The Morgan fingerprint density at radius 3 is 2.81 bits per heavy atom. The Balaban J connectivity index is 1.78. The number of amides is 2. The molecular formula is C19H17ClFN3O2S. The van der Waals surface area contributed by atoms with E-state index in [4.69, 9.17) is 11.6 Å². The summed E-state index contributed by atoms with van der Waals surface area (Å²) in [6, 6.07) is 11.0. The molecule has 0 radical (unpaired) electrons. The molecule has 1 heterocycles. The number of benzene rings is 2. The summed E-state index contributed by atoms with van der Waals surface area (Å²) in [5.74, 6) is -0.962. The van der Waals surface area contributed by atoms with Crippen LogP contribution in [0.15, 0.2) is 47.5 Å². The third-order valence-electron chi connectivity index (χ3n) is 4.03. The zero-order valence-corrected chi connectivity index (χ0v) is 16.3. The van der Waals surface area contributed by atoms with Gasteiger partial charge in [-0.05, 0) is 42.8 Å². The quantitative estimate of drug-likeness (QED) is 0.824. The van der Waals surface area contributed by atoms with Gasteiger partial charge in [-0.1, -0.05) is 35.5 Å². The first kappa shape index (κ1) is 19.4. The van der Waals surface area contributed by atoms with Gasteiger partial charge in [-0.3, -0.25) is 14.5 Å². The lowest BCUT2D eigenvalue weighted by Gasteiger charge is -2.28. The Morgan fingerprint density at radius 1 is 1.33 bits per heavy atom. The molecule has 1 aliphatic heterocycles. The van der Waals surface area contributed by atoms with E-state index in [1.807, 2.05) is 13.0 Å². The molecule has 5 nitrogen and oxygen atoms in total. The van der Waals surface area contributed by atoms with Gasteiger partial charge in [0.15, 0.2) is 5.17 Å². The van der Waals surface area contributed by atoms with Crippen molar-refractivity contribution in [1.82, 2.24) is 4.90 Å². The number of carbonyl (C=O) groups is 2. The normalized spacial score (nSPS) is 18.7. The van der Waals surface area contributed by atoms with Crippen molar-refractivity contribution in [3.8, 4) is 0 Å². The molecule has 1 N–H and O–H groups in total. The van der Waals surface area contributed by atoms with Crippen molar-refractivity contribution in [2.24, 2.45) is 4.99 Å². The lowest BCUT2D eigenvalue weighted by Crippen LogP contribution is -2.43. The van der Waals surface area contributed by atoms with Crippen molar-refractivity contribution in [1.29, 1.82) is 0 Å². The number of halogens is 2. The highest BCUT2D eigenvalue weighted by molar-refractivity contribution is 8.15. The van der Waals surface area contributed by atoms with Gasteiger partial charge in [0.25, 0.3) is 0 Å². The minimum Gasteiger partial charge on any atom is -0.325 e. The summed E-state index contributed by atoms with van der Waals surface area (Å²) in [6.45, 7) is 1.87. The van der Waals surface area contributed by atoms with E-state index in [1.54, 1.807) is 25.2 Å². The van der Waals surface area contributed by atoms with E-state index in [0.717, 1.165) is 5.56 Å². The SMILES string of the molecule is Cc1ccc(NC(=O)[C@@H]2CC(=O)N(C)C(=Nc3cccc(F)c3)S2)cc1Cl. The van der Waals surface area contributed by atoms with Crippen molar-refractivity contribution in [2.45, 2.75) is 18.6 Å². The number of hydrogen-bond acceptors (Lipinski definition) is 4. The summed E-state index contributed by atoms with van der Waals surface area (Å²) in [6.07, 6.45) is 0.0504. The number of nitrogens with zero attached hydrogens (tertiary/aromatic N) is 2. The Morgan fingerprint density at radius 2 is 2.11 bits per heavy atom. The van der Waals surface area contributed by atoms with Gasteiger partial charge < -0.3 is 5.32 Å². The molecule has 0 bridgehead atoms. The highest BCUT2D eigenvalue weighted by Crippen LogP contribution is 2.29. The van der Waals surface area contributed by atoms with Crippen LogP contribution < -0.4 is 5.32 Å². The van der Waals surface area contributed by atoms with Gasteiger partial charge in [-0.2, -0.15) is 0 Å². The molecule has 2 amide bonds. The fourth-order valence-corrected chi connectivity index (χ4v) is 3.69. The lowest BCUT2D eigenvalue weighted by atomic mass is 10.2. The number of nitrogens with one attached hydrogen (secondary N) is 1. The summed E-state index contributed by atoms with van der Waals surface area (Å²) < 4.78 is 13.4. The fraction of sp³-hybridized carbons (Fsp3) is 0.211. The molecule has 1 fully saturated rings. The number of anilines is 1. The predicted octanol–water partition coefficient (Wildman–Crippen LogP) is 4.38. The number of carbonyl (C=O) groups excluding carboxylic acids is 2. The number of rotatable bonds is 3. The van der Waals surface area contributed by atoms with Crippen molar-refractivity contribution in [2.75, 3.05) is 12.4 Å². The van der Waals surface area contributed by atoms with Crippen LogP contribution in [-0.4, -0.2) is 34.2 Å². The van der Waals surface area contributed by atoms with Gasteiger partial charge in [-0.15, -0.1) is 0 Å². The van der Waals surface area contributed by atoms with Gasteiger partial charge >= 0.3 is 0 Å². The molecular weight excluding hydrogens is 389 g/mol. The molecule has 8 heteroatoms. The van der Waals surface area contributed by atoms with Crippen LogP contribution in [0.25, 0.3) is 0 Å². The van der Waals surface area contributed by atoms with Crippen LogP contribution in [0.4, 0.5) is 15.8 Å². The number of thioether (sulfide) groups is 1. The fourth-order valence-electron chi connectivity index (χ4n) is 2.45. The second kappa shape index (κ2) is 8.10. The van der Waals surface area contributed by atoms with E-state index in [1.165, 1.54) is 34.9 Å². The van der Waals surface area contributed by atoms with Crippen molar-refractivity contribution in [3.05, 3.63) is 58.9 Å². The topological polar surface area (TPSA) is 61.8 Å². The molecule has 1 atom stereocenters.